The second kappa shape index (κ2) is 7.44. The fraction of sp³-hybridized carbons (Fsp3) is 0.292. The van der Waals surface area contributed by atoms with Crippen molar-refractivity contribution in [3.63, 3.8) is 0 Å². The summed E-state index contributed by atoms with van der Waals surface area (Å²) in [6, 6.07) is 16.4. The maximum absolute atomic E-state index is 13.0. The zero-order valence-corrected chi connectivity index (χ0v) is 16.6. The van der Waals surface area contributed by atoms with E-state index >= 15 is 0 Å². The van der Waals surface area contributed by atoms with Gasteiger partial charge in [0.15, 0.2) is 0 Å². The van der Waals surface area contributed by atoms with Crippen molar-refractivity contribution in [1.29, 1.82) is 0 Å². The van der Waals surface area contributed by atoms with Gasteiger partial charge in [-0.05, 0) is 36.6 Å². The van der Waals surface area contributed by atoms with Crippen molar-refractivity contribution in [3.8, 4) is 17.0 Å². The van der Waals surface area contributed by atoms with Crippen LogP contribution in [0.2, 0.25) is 0 Å². The predicted molar refractivity (Wildman–Crippen MR) is 113 cm³/mol. The maximum Gasteiger partial charge on any atom is 0.251 e. The van der Waals surface area contributed by atoms with Gasteiger partial charge >= 0.3 is 0 Å². The Morgan fingerprint density at radius 3 is 2.70 bits per heavy atom. The fourth-order valence-corrected chi connectivity index (χ4v) is 4.78. The van der Waals surface area contributed by atoms with Crippen molar-refractivity contribution in [1.82, 2.24) is 14.5 Å². The van der Waals surface area contributed by atoms with E-state index in [2.05, 4.69) is 11.1 Å². The van der Waals surface area contributed by atoms with Crippen LogP contribution in [-0.2, 0) is 17.8 Å². The Balaban J connectivity index is 1.42. The maximum atomic E-state index is 13.0. The molecule has 30 heavy (non-hydrogen) atoms. The normalized spacial score (nSPS) is 19.9. The highest BCUT2D eigenvalue weighted by atomic mass is 16.3. The van der Waals surface area contributed by atoms with Gasteiger partial charge in [0.25, 0.3) is 5.56 Å². The first-order valence-electron chi connectivity index (χ1n) is 10.3. The largest absolute Gasteiger partial charge is 0.508 e. The van der Waals surface area contributed by atoms with Gasteiger partial charge in [-0.1, -0.05) is 24.3 Å². The fourth-order valence-electron chi connectivity index (χ4n) is 4.78. The van der Waals surface area contributed by atoms with E-state index in [0.717, 1.165) is 23.4 Å². The summed E-state index contributed by atoms with van der Waals surface area (Å²) in [5.41, 5.74) is 3.23. The summed E-state index contributed by atoms with van der Waals surface area (Å²) in [5, 5.41) is 10.0. The molecule has 1 N–H and O–H groups in total. The van der Waals surface area contributed by atoms with Gasteiger partial charge in [-0.3, -0.25) is 14.6 Å². The smallest absolute Gasteiger partial charge is 0.251 e. The number of para-hydroxylation sites is 1. The number of pyridine rings is 2. The van der Waals surface area contributed by atoms with Crippen LogP contribution in [-0.4, -0.2) is 38.6 Å². The summed E-state index contributed by atoms with van der Waals surface area (Å²) < 4.78 is 1.87. The van der Waals surface area contributed by atoms with Crippen LogP contribution in [0.1, 0.15) is 23.6 Å². The van der Waals surface area contributed by atoms with E-state index in [0.29, 0.717) is 25.2 Å². The van der Waals surface area contributed by atoms with Gasteiger partial charge in [-0.25, -0.2) is 0 Å². The van der Waals surface area contributed by atoms with Crippen molar-refractivity contribution < 1.29 is 9.90 Å². The molecule has 1 saturated heterocycles. The van der Waals surface area contributed by atoms with Gasteiger partial charge in [-0.15, -0.1) is 0 Å². The van der Waals surface area contributed by atoms with Crippen LogP contribution in [0, 0.1) is 5.92 Å². The van der Waals surface area contributed by atoms with E-state index < -0.39 is 0 Å². The number of piperidine rings is 1. The van der Waals surface area contributed by atoms with Gasteiger partial charge in [0.1, 0.15) is 5.75 Å². The second-order valence-corrected chi connectivity index (χ2v) is 8.24. The molecule has 152 valence electrons. The molecule has 2 aliphatic heterocycles. The topological polar surface area (TPSA) is 75.4 Å². The highest BCUT2D eigenvalue weighted by Gasteiger charge is 2.36. The van der Waals surface area contributed by atoms with E-state index in [1.807, 2.05) is 33.7 Å². The van der Waals surface area contributed by atoms with Gasteiger partial charge in [0.05, 0.1) is 12.1 Å². The van der Waals surface area contributed by atoms with E-state index in [1.54, 1.807) is 30.5 Å². The SMILES string of the molecule is O=C(Cc1ccccc1O)N1C[C@@H]2C[C@H](C1)c1cc(-c3ccccn3)cc(=O)n1C2. The molecule has 1 fully saturated rings. The minimum Gasteiger partial charge on any atom is -0.508 e. The van der Waals surface area contributed by atoms with Gasteiger partial charge in [0.2, 0.25) is 5.91 Å². The number of hydrogen-bond donors (Lipinski definition) is 1. The van der Waals surface area contributed by atoms with Crippen molar-refractivity contribution in [3.05, 3.63) is 82.4 Å². The van der Waals surface area contributed by atoms with Crippen molar-refractivity contribution in [2.75, 3.05) is 13.1 Å². The summed E-state index contributed by atoms with van der Waals surface area (Å²) in [7, 11) is 0. The Hall–Kier alpha value is -3.41. The quantitative estimate of drug-likeness (QED) is 0.732. The van der Waals surface area contributed by atoms with E-state index in [9.17, 15) is 14.7 Å². The minimum absolute atomic E-state index is 0.00293. The van der Waals surface area contributed by atoms with E-state index in [-0.39, 0.29) is 35.5 Å². The molecule has 0 aliphatic carbocycles. The molecule has 1 amide bonds. The van der Waals surface area contributed by atoms with Crippen LogP contribution in [0.25, 0.3) is 11.3 Å². The first-order valence-corrected chi connectivity index (χ1v) is 10.3. The first-order chi connectivity index (χ1) is 14.6. The number of nitrogens with zero attached hydrogens (tertiary/aromatic N) is 3. The zero-order chi connectivity index (χ0) is 20.7. The first kappa shape index (κ1) is 18.6. The number of fused-ring (bicyclic) bond motifs is 4. The lowest BCUT2D eigenvalue weighted by Crippen LogP contribution is -2.49. The Labute approximate surface area is 174 Å². The van der Waals surface area contributed by atoms with Crippen molar-refractivity contribution in [2.45, 2.75) is 25.3 Å². The van der Waals surface area contributed by atoms with Gasteiger partial charge in [0, 0.05) is 54.6 Å². The van der Waals surface area contributed by atoms with Crippen molar-refractivity contribution in [2.24, 2.45) is 5.92 Å². The molecule has 0 saturated carbocycles. The van der Waals surface area contributed by atoms with Gasteiger partial charge < -0.3 is 14.6 Å². The molecule has 5 rings (SSSR count). The number of aromatic nitrogens is 2. The molecular weight excluding hydrogens is 378 g/mol. The number of benzene rings is 1. The minimum atomic E-state index is -0.00293. The number of carbonyl (C=O) groups excluding carboxylic acids is 1. The molecule has 0 unspecified atom stereocenters. The summed E-state index contributed by atoms with van der Waals surface area (Å²) in [6.07, 6.45) is 2.89. The average Bonchev–Trinajstić information content (AvgIpc) is 2.76. The second-order valence-electron chi connectivity index (χ2n) is 8.24. The highest BCUT2D eigenvalue weighted by Crippen LogP contribution is 2.36. The molecular formula is C24H23N3O3. The monoisotopic (exact) mass is 401 g/mol. The molecule has 2 bridgehead atoms. The molecule has 2 aromatic heterocycles. The van der Waals surface area contributed by atoms with Crippen LogP contribution in [0.15, 0.2) is 65.6 Å². The average molecular weight is 401 g/mol. The van der Waals surface area contributed by atoms with Crippen LogP contribution in [0.4, 0.5) is 0 Å². The predicted octanol–water partition coefficient (Wildman–Crippen LogP) is 2.80. The highest BCUT2D eigenvalue weighted by molar-refractivity contribution is 5.79. The number of hydrogen-bond acceptors (Lipinski definition) is 4. The molecule has 6 nitrogen and oxygen atoms in total. The Morgan fingerprint density at radius 1 is 1.07 bits per heavy atom. The number of phenolic OH excluding ortho intramolecular Hbond substituents is 1. The molecule has 6 heteroatoms. The third-order valence-electron chi connectivity index (χ3n) is 6.20. The number of rotatable bonds is 3. The molecule has 2 atom stereocenters. The molecule has 3 aromatic rings. The number of likely N-dealkylation sites (tertiary alicyclic amines) is 1. The standard InChI is InChI=1S/C24H23N3O3/c28-22-7-2-1-5-17(22)11-23(29)26-13-16-9-19(15-26)21-10-18(12-24(30)27(21)14-16)20-6-3-4-8-25-20/h1-8,10,12,16,19,28H,9,11,13-15H2/t16-,19+/m0/s1. The molecule has 0 radical (unpaired) electrons. The van der Waals surface area contributed by atoms with Crippen LogP contribution in [0.3, 0.4) is 0 Å². The molecule has 4 heterocycles. The lowest BCUT2D eigenvalue weighted by Gasteiger charge is -2.43. The van der Waals surface area contributed by atoms with Crippen LogP contribution >= 0.6 is 0 Å². The number of phenols is 1. The van der Waals surface area contributed by atoms with Crippen LogP contribution < -0.4 is 5.56 Å². The lowest BCUT2D eigenvalue weighted by atomic mass is 9.82. The van der Waals surface area contributed by atoms with Gasteiger partial charge in [-0.2, -0.15) is 0 Å². The third-order valence-corrected chi connectivity index (χ3v) is 6.20. The van der Waals surface area contributed by atoms with E-state index in [4.69, 9.17) is 0 Å². The van der Waals surface area contributed by atoms with Crippen LogP contribution in [0.5, 0.6) is 5.75 Å². The molecule has 0 spiro atoms. The Kier molecular flexibility index (Phi) is 4.62. The molecule has 1 aromatic carbocycles. The number of carbonyl (C=O) groups is 1. The summed E-state index contributed by atoms with van der Waals surface area (Å²) in [6.45, 7) is 1.87. The molecule has 2 aliphatic rings. The summed E-state index contributed by atoms with van der Waals surface area (Å²) in [5.74, 6) is 0.563. The summed E-state index contributed by atoms with van der Waals surface area (Å²) in [4.78, 5) is 32.0. The zero-order valence-electron chi connectivity index (χ0n) is 16.6. The third kappa shape index (κ3) is 3.38. The lowest BCUT2D eigenvalue weighted by molar-refractivity contribution is -0.133. The Bertz CT molecular complexity index is 1160. The van der Waals surface area contributed by atoms with Crippen molar-refractivity contribution >= 4 is 5.91 Å². The number of amides is 1. The summed E-state index contributed by atoms with van der Waals surface area (Å²) >= 11 is 0. The van der Waals surface area contributed by atoms with E-state index in [1.165, 1.54) is 0 Å². The number of aromatic hydroxyl groups is 1. The Morgan fingerprint density at radius 2 is 1.90 bits per heavy atom.